The fraction of sp³-hybridized carbons (Fsp3) is 0.800. The van der Waals surface area contributed by atoms with E-state index in [-0.39, 0.29) is 5.69 Å². The highest BCUT2D eigenvalue weighted by molar-refractivity contribution is 7.99. The number of hydrogen-bond acceptors (Lipinski definition) is 4. The monoisotopic (exact) mass is 244 g/mol. The van der Waals surface area contributed by atoms with Crippen molar-refractivity contribution in [3.63, 3.8) is 0 Å². The van der Waals surface area contributed by atoms with Crippen LogP contribution in [0.4, 0.5) is 0 Å². The van der Waals surface area contributed by atoms with Crippen LogP contribution in [0.2, 0.25) is 0 Å². The zero-order chi connectivity index (χ0) is 11.8. The van der Waals surface area contributed by atoms with Crippen molar-refractivity contribution >= 4 is 11.8 Å². The molecule has 0 amide bonds. The molecule has 0 aliphatic rings. The van der Waals surface area contributed by atoms with Crippen LogP contribution in [0.1, 0.15) is 45.4 Å². The number of rotatable bonds is 8. The van der Waals surface area contributed by atoms with Gasteiger partial charge in [-0.2, -0.15) is 4.68 Å². The van der Waals surface area contributed by atoms with Crippen molar-refractivity contribution in [1.29, 1.82) is 0 Å². The van der Waals surface area contributed by atoms with Gasteiger partial charge in [0.1, 0.15) is 0 Å². The number of hydrogen-bond donors (Lipinski definition) is 2. The molecule has 0 atom stereocenters. The Morgan fingerprint density at radius 3 is 2.62 bits per heavy atom. The van der Waals surface area contributed by atoms with Crippen molar-refractivity contribution < 1.29 is 0 Å². The molecule has 92 valence electrons. The molecule has 0 spiro atoms. The van der Waals surface area contributed by atoms with E-state index in [1.54, 1.807) is 0 Å². The Labute approximate surface area is 99.8 Å². The first-order valence-electron chi connectivity index (χ1n) is 5.81. The molecule has 1 aromatic heterocycles. The lowest BCUT2D eigenvalue weighted by Crippen LogP contribution is -2.24. The van der Waals surface area contributed by atoms with Crippen LogP contribution in [0.15, 0.2) is 9.95 Å². The molecule has 0 saturated heterocycles. The summed E-state index contributed by atoms with van der Waals surface area (Å²) in [6.45, 7) is 2.22. The van der Waals surface area contributed by atoms with Gasteiger partial charge in [0, 0.05) is 5.75 Å². The van der Waals surface area contributed by atoms with E-state index in [2.05, 4.69) is 17.1 Å². The highest BCUT2D eigenvalue weighted by Crippen LogP contribution is 2.15. The summed E-state index contributed by atoms with van der Waals surface area (Å²) < 4.78 is 1.06. The molecule has 1 rings (SSSR count). The molecule has 0 unspecified atom stereocenters. The zero-order valence-corrected chi connectivity index (χ0v) is 10.6. The minimum atomic E-state index is -0.356. The van der Waals surface area contributed by atoms with E-state index >= 15 is 0 Å². The van der Waals surface area contributed by atoms with E-state index in [1.165, 1.54) is 43.9 Å². The normalized spacial score (nSPS) is 10.8. The van der Waals surface area contributed by atoms with Gasteiger partial charge in [-0.05, 0) is 6.42 Å². The predicted octanol–water partition coefficient (Wildman–Crippen LogP) is 1.74. The molecule has 1 aromatic rings. The molecule has 5 nitrogen and oxygen atoms in total. The number of thioether (sulfide) groups is 1. The van der Waals surface area contributed by atoms with Crippen molar-refractivity contribution in [2.75, 3.05) is 11.6 Å². The van der Waals surface area contributed by atoms with E-state index in [9.17, 15) is 4.79 Å². The molecule has 0 aliphatic heterocycles. The van der Waals surface area contributed by atoms with Gasteiger partial charge in [0.05, 0.1) is 0 Å². The topological polar surface area (TPSA) is 76.7 Å². The van der Waals surface area contributed by atoms with Gasteiger partial charge in [0.2, 0.25) is 5.16 Å². The lowest BCUT2D eigenvalue weighted by atomic mass is 10.1. The summed E-state index contributed by atoms with van der Waals surface area (Å²) in [7, 11) is 0. The Morgan fingerprint density at radius 1 is 1.31 bits per heavy atom. The third-order valence-corrected chi connectivity index (χ3v) is 3.44. The number of aromatic amines is 1. The Balaban J connectivity index is 2.07. The summed E-state index contributed by atoms with van der Waals surface area (Å²) in [5.41, 5.74) is -0.356. The van der Waals surface area contributed by atoms with E-state index in [1.807, 2.05) is 0 Å². The number of nitrogens with one attached hydrogen (secondary N) is 1. The minimum Gasteiger partial charge on any atom is -0.333 e. The lowest BCUT2D eigenvalue weighted by Gasteiger charge is -2.00. The second-order valence-corrected chi connectivity index (χ2v) is 4.86. The third-order valence-electron chi connectivity index (χ3n) is 2.40. The maximum absolute atomic E-state index is 11.0. The standard InChI is InChI=1S/C10H20N4OS/c1-2-3-4-5-6-7-8-16-10-13-12-9(15)14(10)11/h2-8,11H2,1H3,(H,12,15). The first kappa shape index (κ1) is 13.2. The summed E-state index contributed by atoms with van der Waals surface area (Å²) in [4.78, 5) is 11.0. The Morgan fingerprint density at radius 2 is 2.00 bits per heavy atom. The van der Waals surface area contributed by atoms with Gasteiger partial charge in [-0.15, -0.1) is 5.10 Å². The quantitative estimate of drug-likeness (QED) is 0.415. The van der Waals surface area contributed by atoms with Crippen LogP contribution in [0.3, 0.4) is 0 Å². The van der Waals surface area contributed by atoms with Crippen molar-refractivity contribution in [1.82, 2.24) is 14.9 Å². The third kappa shape index (κ3) is 4.30. The van der Waals surface area contributed by atoms with E-state index < -0.39 is 0 Å². The maximum atomic E-state index is 11.0. The van der Waals surface area contributed by atoms with Gasteiger partial charge in [-0.1, -0.05) is 50.8 Å². The SMILES string of the molecule is CCCCCCCCSc1n[nH]c(=O)n1N. The molecule has 0 saturated carbocycles. The Bertz CT molecular complexity index is 347. The average Bonchev–Trinajstić information content (AvgIpc) is 2.59. The van der Waals surface area contributed by atoms with Crippen molar-refractivity contribution in [2.24, 2.45) is 0 Å². The van der Waals surface area contributed by atoms with E-state index in [0.29, 0.717) is 5.16 Å². The highest BCUT2D eigenvalue weighted by Gasteiger charge is 2.04. The summed E-state index contributed by atoms with van der Waals surface area (Å²) in [6, 6.07) is 0. The van der Waals surface area contributed by atoms with Gasteiger partial charge in [0.15, 0.2) is 0 Å². The summed E-state index contributed by atoms with van der Waals surface area (Å²) in [6.07, 6.45) is 7.62. The van der Waals surface area contributed by atoms with Crippen LogP contribution in [0.5, 0.6) is 0 Å². The summed E-state index contributed by atoms with van der Waals surface area (Å²) >= 11 is 1.53. The van der Waals surface area contributed by atoms with Crippen LogP contribution in [0.25, 0.3) is 0 Å². The van der Waals surface area contributed by atoms with Gasteiger partial charge < -0.3 is 5.84 Å². The smallest absolute Gasteiger partial charge is 0.333 e. The molecule has 1 heterocycles. The number of nitrogens with zero attached hydrogens (tertiary/aromatic N) is 2. The number of nitrogen functional groups attached to an aromatic ring is 1. The second kappa shape index (κ2) is 7.38. The molecular weight excluding hydrogens is 224 g/mol. The minimum absolute atomic E-state index is 0.356. The van der Waals surface area contributed by atoms with E-state index in [4.69, 9.17) is 5.84 Å². The molecule has 6 heteroatoms. The van der Waals surface area contributed by atoms with Crippen molar-refractivity contribution in [2.45, 2.75) is 50.6 Å². The first-order valence-corrected chi connectivity index (χ1v) is 6.79. The molecular formula is C10H20N4OS. The Kier molecular flexibility index (Phi) is 6.07. The number of unbranched alkanes of at least 4 members (excludes halogenated alkanes) is 5. The molecule has 0 radical (unpaired) electrons. The predicted molar refractivity (Wildman–Crippen MR) is 67.1 cm³/mol. The van der Waals surface area contributed by atoms with Gasteiger partial charge >= 0.3 is 5.69 Å². The van der Waals surface area contributed by atoms with Crippen molar-refractivity contribution in [3.8, 4) is 0 Å². The first-order chi connectivity index (χ1) is 7.75. The van der Waals surface area contributed by atoms with E-state index in [0.717, 1.165) is 16.8 Å². The second-order valence-electron chi connectivity index (χ2n) is 3.80. The molecule has 0 aliphatic carbocycles. The highest BCUT2D eigenvalue weighted by atomic mass is 32.2. The number of nitrogens with two attached hydrogens (primary N) is 1. The van der Waals surface area contributed by atoms with Crippen LogP contribution < -0.4 is 11.5 Å². The number of aromatic nitrogens is 3. The largest absolute Gasteiger partial charge is 0.362 e. The fourth-order valence-electron chi connectivity index (χ4n) is 1.44. The maximum Gasteiger partial charge on any atom is 0.362 e. The van der Waals surface area contributed by atoms with Crippen LogP contribution in [-0.4, -0.2) is 20.6 Å². The van der Waals surface area contributed by atoms with Crippen LogP contribution >= 0.6 is 11.8 Å². The molecule has 0 aromatic carbocycles. The molecule has 16 heavy (non-hydrogen) atoms. The average molecular weight is 244 g/mol. The summed E-state index contributed by atoms with van der Waals surface area (Å²) in [5.74, 6) is 6.44. The van der Waals surface area contributed by atoms with Crippen molar-refractivity contribution in [3.05, 3.63) is 10.5 Å². The lowest BCUT2D eigenvalue weighted by molar-refractivity contribution is 0.626. The molecule has 0 fully saturated rings. The van der Waals surface area contributed by atoms with Gasteiger partial charge in [-0.25, -0.2) is 9.89 Å². The number of H-pyrrole nitrogens is 1. The Hall–Kier alpha value is -0.910. The zero-order valence-electron chi connectivity index (χ0n) is 9.74. The van der Waals surface area contributed by atoms with Crippen LogP contribution in [-0.2, 0) is 0 Å². The van der Waals surface area contributed by atoms with Gasteiger partial charge in [-0.3, -0.25) is 0 Å². The van der Waals surface area contributed by atoms with Crippen LogP contribution in [0, 0.1) is 0 Å². The fourth-order valence-corrected chi connectivity index (χ4v) is 2.30. The van der Waals surface area contributed by atoms with Gasteiger partial charge in [0.25, 0.3) is 0 Å². The summed E-state index contributed by atoms with van der Waals surface area (Å²) in [5, 5.41) is 6.71. The molecule has 3 N–H and O–H groups in total. The molecule has 0 bridgehead atoms.